The fraction of sp³-hybridized carbons (Fsp3) is 0.562. The van der Waals surface area contributed by atoms with Gasteiger partial charge < -0.3 is 10.5 Å². The first-order valence-corrected chi connectivity index (χ1v) is 9.87. The fourth-order valence-corrected chi connectivity index (χ4v) is 4.96. The average molecular weight is 367 g/mol. The number of thioether (sulfide) groups is 1. The summed E-state index contributed by atoms with van der Waals surface area (Å²) >= 11 is 2.75. The number of nitrogens with zero attached hydrogens (tertiary/aromatic N) is 2. The molecule has 130 valence electrons. The first-order valence-electron chi connectivity index (χ1n) is 8.06. The van der Waals surface area contributed by atoms with Gasteiger partial charge in [-0.15, -0.1) is 11.3 Å². The molecule has 1 atom stereocenters. The van der Waals surface area contributed by atoms with Gasteiger partial charge in [-0.3, -0.25) is 14.2 Å². The Morgan fingerprint density at radius 3 is 2.96 bits per heavy atom. The van der Waals surface area contributed by atoms with Crippen LogP contribution in [0.5, 0.6) is 0 Å². The molecule has 1 saturated heterocycles. The average Bonchev–Trinajstić information content (AvgIpc) is 3.15. The van der Waals surface area contributed by atoms with Crippen molar-refractivity contribution in [1.82, 2.24) is 9.55 Å². The molecule has 1 aliphatic heterocycles. The van der Waals surface area contributed by atoms with Crippen molar-refractivity contribution in [2.24, 2.45) is 5.73 Å². The lowest BCUT2D eigenvalue weighted by molar-refractivity contribution is -0.115. The number of primary amides is 1. The van der Waals surface area contributed by atoms with Crippen LogP contribution in [-0.2, 0) is 22.5 Å². The topological polar surface area (TPSA) is 87.2 Å². The van der Waals surface area contributed by atoms with Gasteiger partial charge in [0.2, 0.25) is 5.91 Å². The van der Waals surface area contributed by atoms with Crippen molar-refractivity contribution in [3.05, 3.63) is 20.8 Å². The molecule has 1 amide bonds. The van der Waals surface area contributed by atoms with Gasteiger partial charge >= 0.3 is 0 Å². The molecule has 0 radical (unpaired) electrons. The van der Waals surface area contributed by atoms with Gasteiger partial charge in [-0.05, 0) is 31.7 Å². The van der Waals surface area contributed by atoms with E-state index in [1.54, 1.807) is 4.57 Å². The number of ether oxygens (including phenoxy) is 1. The van der Waals surface area contributed by atoms with Crippen LogP contribution in [0.2, 0.25) is 0 Å². The molecule has 2 aromatic rings. The number of fused-ring (bicyclic) bond motifs is 1. The second-order valence-corrected chi connectivity index (χ2v) is 8.02. The van der Waals surface area contributed by atoms with Crippen LogP contribution in [0.1, 0.15) is 30.2 Å². The van der Waals surface area contributed by atoms with Gasteiger partial charge in [0.1, 0.15) is 4.83 Å². The predicted molar refractivity (Wildman–Crippen MR) is 96.9 cm³/mol. The van der Waals surface area contributed by atoms with E-state index < -0.39 is 5.91 Å². The van der Waals surface area contributed by atoms with E-state index in [0.717, 1.165) is 41.1 Å². The molecule has 24 heavy (non-hydrogen) atoms. The highest BCUT2D eigenvalue weighted by atomic mass is 32.2. The minimum atomic E-state index is -0.422. The number of hydrogen-bond donors (Lipinski definition) is 1. The minimum absolute atomic E-state index is 0.0275. The summed E-state index contributed by atoms with van der Waals surface area (Å²) in [5.74, 6) is -0.316. The van der Waals surface area contributed by atoms with Crippen LogP contribution in [0.15, 0.2) is 9.95 Å². The molecular formula is C16H21N3O3S2. The van der Waals surface area contributed by atoms with Gasteiger partial charge in [0, 0.05) is 11.5 Å². The molecule has 0 unspecified atom stereocenters. The number of amides is 1. The molecule has 6 nitrogen and oxygen atoms in total. The summed E-state index contributed by atoms with van der Waals surface area (Å²) < 4.78 is 7.34. The van der Waals surface area contributed by atoms with Gasteiger partial charge in [-0.25, -0.2) is 4.98 Å². The lowest BCUT2D eigenvalue weighted by Gasteiger charge is -2.15. The predicted octanol–water partition coefficient (Wildman–Crippen LogP) is 2.09. The summed E-state index contributed by atoms with van der Waals surface area (Å²) in [6.07, 6.45) is 2.78. The van der Waals surface area contributed by atoms with Crippen molar-refractivity contribution in [3.63, 3.8) is 0 Å². The van der Waals surface area contributed by atoms with Crippen molar-refractivity contribution < 1.29 is 9.53 Å². The highest BCUT2D eigenvalue weighted by molar-refractivity contribution is 7.99. The summed E-state index contributed by atoms with van der Waals surface area (Å²) in [5.41, 5.74) is 6.29. The molecule has 1 aliphatic rings. The van der Waals surface area contributed by atoms with Crippen LogP contribution >= 0.6 is 23.1 Å². The third-order valence-corrected chi connectivity index (χ3v) is 6.22. The summed E-state index contributed by atoms with van der Waals surface area (Å²) in [4.78, 5) is 30.8. The molecule has 1 fully saturated rings. The molecule has 0 spiro atoms. The summed E-state index contributed by atoms with van der Waals surface area (Å²) in [6.45, 7) is 5.27. The maximum atomic E-state index is 13.1. The monoisotopic (exact) mass is 367 g/mol. The summed E-state index contributed by atoms with van der Waals surface area (Å²) in [5, 5.41) is 1.26. The number of carbonyl (C=O) groups excluding carboxylic acids is 1. The second kappa shape index (κ2) is 7.25. The van der Waals surface area contributed by atoms with Crippen molar-refractivity contribution in [1.29, 1.82) is 0 Å². The van der Waals surface area contributed by atoms with E-state index in [2.05, 4.69) is 4.98 Å². The van der Waals surface area contributed by atoms with E-state index in [9.17, 15) is 9.59 Å². The Kier molecular flexibility index (Phi) is 5.27. The Bertz CT molecular complexity index is 822. The van der Waals surface area contributed by atoms with E-state index in [1.165, 1.54) is 23.1 Å². The van der Waals surface area contributed by atoms with Crippen LogP contribution in [0, 0.1) is 6.92 Å². The Morgan fingerprint density at radius 2 is 2.33 bits per heavy atom. The zero-order chi connectivity index (χ0) is 17.3. The van der Waals surface area contributed by atoms with Crippen molar-refractivity contribution in [2.75, 3.05) is 12.4 Å². The van der Waals surface area contributed by atoms with Gasteiger partial charge in [0.15, 0.2) is 5.16 Å². The molecule has 0 aliphatic carbocycles. The van der Waals surface area contributed by atoms with Crippen LogP contribution < -0.4 is 11.3 Å². The summed E-state index contributed by atoms with van der Waals surface area (Å²) in [7, 11) is 0. The number of hydrogen-bond acceptors (Lipinski definition) is 6. The van der Waals surface area contributed by atoms with Crippen molar-refractivity contribution >= 4 is 39.2 Å². The Hall–Kier alpha value is -1.38. The molecule has 2 N–H and O–H groups in total. The normalized spacial score (nSPS) is 17.7. The largest absolute Gasteiger partial charge is 0.376 e. The third-order valence-electron chi connectivity index (χ3n) is 4.18. The van der Waals surface area contributed by atoms with Crippen LogP contribution in [0.25, 0.3) is 10.2 Å². The van der Waals surface area contributed by atoms with E-state index in [1.807, 2.05) is 13.8 Å². The van der Waals surface area contributed by atoms with Crippen LogP contribution in [0.4, 0.5) is 0 Å². The molecule has 0 aromatic carbocycles. The molecule has 3 heterocycles. The SMILES string of the molecule is CCc1c(C)sc2nc(SCC(N)=O)n(C[C@@H]3CCCO3)c(=O)c12. The molecule has 3 rings (SSSR count). The van der Waals surface area contributed by atoms with E-state index in [0.29, 0.717) is 17.1 Å². The second-order valence-electron chi connectivity index (χ2n) is 5.87. The fourth-order valence-electron chi connectivity index (χ4n) is 3.06. The van der Waals surface area contributed by atoms with E-state index in [-0.39, 0.29) is 17.4 Å². The number of nitrogens with two attached hydrogens (primary N) is 1. The molecule has 0 bridgehead atoms. The Morgan fingerprint density at radius 1 is 1.54 bits per heavy atom. The smallest absolute Gasteiger partial charge is 0.263 e. The minimum Gasteiger partial charge on any atom is -0.376 e. The number of rotatable bonds is 6. The van der Waals surface area contributed by atoms with Crippen LogP contribution in [0.3, 0.4) is 0 Å². The zero-order valence-electron chi connectivity index (χ0n) is 13.8. The van der Waals surface area contributed by atoms with Crippen LogP contribution in [-0.4, -0.2) is 33.9 Å². The highest BCUT2D eigenvalue weighted by Crippen LogP contribution is 2.30. The third kappa shape index (κ3) is 3.36. The first-order chi connectivity index (χ1) is 11.5. The molecule has 2 aromatic heterocycles. The molecular weight excluding hydrogens is 346 g/mol. The number of carbonyl (C=O) groups is 1. The van der Waals surface area contributed by atoms with Gasteiger partial charge in [-0.2, -0.15) is 0 Å². The molecule has 8 heteroatoms. The zero-order valence-corrected chi connectivity index (χ0v) is 15.5. The summed E-state index contributed by atoms with van der Waals surface area (Å²) in [6, 6.07) is 0. The van der Waals surface area contributed by atoms with Crippen molar-refractivity contribution in [2.45, 2.75) is 50.9 Å². The highest BCUT2D eigenvalue weighted by Gasteiger charge is 2.22. The maximum Gasteiger partial charge on any atom is 0.263 e. The maximum absolute atomic E-state index is 13.1. The first kappa shape index (κ1) is 17.4. The van der Waals surface area contributed by atoms with E-state index in [4.69, 9.17) is 10.5 Å². The lowest BCUT2D eigenvalue weighted by atomic mass is 10.1. The number of aromatic nitrogens is 2. The lowest BCUT2D eigenvalue weighted by Crippen LogP contribution is -2.29. The quantitative estimate of drug-likeness (QED) is 0.624. The molecule has 0 saturated carbocycles. The van der Waals surface area contributed by atoms with E-state index >= 15 is 0 Å². The number of aryl methyl sites for hydroxylation is 2. The standard InChI is InChI=1S/C16H21N3O3S2/c1-3-11-9(2)24-14-13(11)15(21)19(7-10-5-4-6-22-10)16(18-14)23-8-12(17)20/h10H,3-8H2,1-2H3,(H2,17,20)/t10-/m0/s1. The van der Waals surface area contributed by atoms with Gasteiger partial charge in [0.25, 0.3) is 5.56 Å². The Balaban J connectivity index is 2.11. The van der Waals surface area contributed by atoms with Gasteiger partial charge in [-0.1, -0.05) is 18.7 Å². The number of thiophene rings is 1. The van der Waals surface area contributed by atoms with Gasteiger partial charge in [0.05, 0.1) is 23.8 Å². The Labute approximate surface area is 148 Å². The van der Waals surface area contributed by atoms with Crippen molar-refractivity contribution in [3.8, 4) is 0 Å².